The molecule has 0 bridgehead atoms. The molecular formula is C16H24O. The molecule has 94 valence electrons. The Morgan fingerprint density at radius 2 is 1.82 bits per heavy atom. The molecule has 0 aliphatic carbocycles. The summed E-state index contributed by atoms with van der Waals surface area (Å²) in [6.07, 6.45) is 9.49. The van der Waals surface area contributed by atoms with Gasteiger partial charge in [-0.15, -0.1) is 0 Å². The molecule has 17 heavy (non-hydrogen) atoms. The Hall–Kier alpha value is -1.24. The highest BCUT2D eigenvalue weighted by atomic mass is 16.5. The van der Waals surface area contributed by atoms with Gasteiger partial charge in [-0.3, -0.25) is 0 Å². The van der Waals surface area contributed by atoms with Gasteiger partial charge >= 0.3 is 0 Å². The summed E-state index contributed by atoms with van der Waals surface area (Å²) in [7, 11) is 1.71. The number of allylic oxidation sites excluding steroid dienone is 2. The van der Waals surface area contributed by atoms with E-state index in [1.807, 2.05) is 12.1 Å². The van der Waals surface area contributed by atoms with Crippen molar-refractivity contribution in [2.24, 2.45) is 0 Å². The monoisotopic (exact) mass is 232 g/mol. The van der Waals surface area contributed by atoms with Crippen LogP contribution in [0.1, 0.15) is 51.0 Å². The number of ether oxygens (including phenoxy) is 1. The summed E-state index contributed by atoms with van der Waals surface area (Å²) in [5.41, 5.74) is 1.39. The topological polar surface area (TPSA) is 9.23 Å². The summed E-state index contributed by atoms with van der Waals surface area (Å²) >= 11 is 0. The zero-order valence-electron chi connectivity index (χ0n) is 11.3. The number of unbranched alkanes of at least 4 members (excludes halogenated alkanes) is 1. The maximum atomic E-state index is 5.19. The van der Waals surface area contributed by atoms with Crippen LogP contribution in [0.4, 0.5) is 0 Å². The van der Waals surface area contributed by atoms with Crippen LogP contribution in [0.5, 0.6) is 5.75 Å². The van der Waals surface area contributed by atoms with Gasteiger partial charge < -0.3 is 4.74 Å². The van der Waals surface area contributed by atoms with Gasteiger partial charge in [-0.05, 0) is 30.5 Å². The lowest BCUT2D eigenvalue weighted by molar-refractivity contribution is 0.414. The Kier molecular flexibility index (Phi) is 6.46. The Bertz CT molecular complexity index is 324. The summed E-state index contributed by atoms with van der Waals surface area (Å²) in [4.78, 5) is 0. The summed E-state index contributed by atoms with van der Waals surface area (Å²) in [5, 5.41) is 0. The normalized spacial score (nSPS) is 12.9. The highest BCUT2D eigenvalue weighted by Gasteiger charge is 2.06. The van der Waals surface area contributed by atoms with E-state index in [-0.39, 0.29) is 0 Å². The maximum absolute atomic E-state index is 5.19. The van der Waals surface area contributed by atoms with Crippen LogP contribution < -0.4 is 4.74 Å². The van der Waals surface area contributed by atoms with Crippen molar-refractivity contribution in [1.82, 2.24) is 0 Å². The third-order valence-corrected chi connectivity index (χ3v) is 2.97. The van der Waals surface area contributed by atoms with Crippen LogP contribution in [-0.2, 0) is 0 Å². The van der Waals surface area contributed by atoms with E-state index in [1.165, 1.54) is 31.2 Å². The van der Waals surface area contributed by atoms with Crippen molar-refractivity contribution in [3.8, 4) is 5.75 Å². The minimum absolute atomic E-state index is 0.553. The number of hydrogen-bond acceptors (Lipinski definition) is 1. The molecule has 0 aromatic heterocycles. The molecule has 0 saturated heterocycles. The van der Waals surface area contributed by atoms with Gasteiger partial charge in [0, 0.05) is 5.92 Å². The molecule has 1 aromatic rings. The fourth-order valence-corrected chi connectivity index (χ4v) is 1.96. The molecule has 0 N–H and O–H groups in total. The van der Waals surface area contributed by atoms with Crippen LogP contribution in [0.3, 0.4) is 0 Å². The van der Waals surface area contributed by atoms with Crippen molar-refractivity contribution in [1.29, 1.82) is 0 Å². The average molecular weight is 232 g/mol. The lowest BCUT2D eigenvalue weighted by atomic mass is 9.93. The second-order valence-corrected chi connectivity index (χ2v) is 4.39. The fourth-order valence-electron chi connectivity index (χ4n) is 1.96. The molecule has 0 saturated carbocycles. The lowest BCUT2D eigenvalue weighted by Crippen LogP contribution is -1.95. The third kappa shape index (κ3) is 4.64. The molecule has 0 heterocycles. The zero-order valence-corrected chi connectivity index (χ0v) is 11.3. The zero-order chi connectivity index (χ0) is 12.5. The Morgan fingerprint density at radius 3 is 2.35 bits per heavy atom. The third-order valence-electron chi connectivity index (χ3n) is 2.97. The summed E-state index contributed by atoms with van der Waals surface area (Å²) in [5.74, 6) is 1.49. The maximum Gasteiger partial charge on any atom is 0.118 e. The minimum atomic E-state index is 0.553. The first-order valence-corrected chi connectivity index (χ1v) is 6.62. The van der Waals surface area contributed by atoms with Gasteiger partial charge in [0.15, 0.2) is 0 Å². The average Bonchev–Trinajstić information content (AvgIpc) is 2.38. The first kappa shape index (κ1) is 13.8. The van der Waals surface area contributed by atoms with E-state index >= 15 is 0 Å². The van der Waals surface area contributed by atoms with Crippen molar-refractivity contribution in [3.63, 3.8) is 0 Å². The van der Waals surface area contributed by atoms with Gasteiger partial charge in [0.1, 0.15) is 5.75 Å². The number of methoxy groups -OCH3 is 1. The quantitative estimate of drug-likeness (QED) is 0.605. The van der Waals surface area contributed by atoms with E-state index in [9.17, 15) is 0 Å². The highest BCUT2D eigenvalue weighted by Crippen LogP contribution is 2.25. The predicted octanol–water partition coefficient (Wildman–Crippen LogP) is 4.94. The van der Waals surface area contributed by atoms with E-state index in [0.717, 1.165) is 5.75 Å². The molecule has 0 fully saturated rings. The molecule has 0 radical (unpaired) electrons. The summed E-state index contributed by atoms with van der Waals surface area (Å²) in [6, 6.07) is 8.45. The first-order valence-electron chi connectivity index (χ1n) is 6.62. The largest absolute Gasteiger partial charge is 0.497 e. The van der Waals surface area contributed by atoms with Crippen LogP contribution in [0.15, 0.2) is 36.4 Å². The fraction of sp³-hybridized carbons (Fsp3) is 0.500. The van der Waals surface area contributed by atoms with Gasteiger partial charge in [-0.2, -0.15) is 0 Å². The van der Waals surface area contributed by atoms with Crippen LogP contribution in [-0.4, -0.2) is 7.11 Å². The summed E-state index contributed by atoms with van der Waals surface area (Å²) in [6.45, 7) is 4.46. The van der Waals surface area contributed by atoms with Crippen LogP contribution >= 0.6 is 0 Å². The molecular weight excluding hydrogens is 208 g/mol. The first-order chi connectivity index (χ1) is 8.31. The molecule has 1 unspecified atom stereocenters. The smallest absolute Gasteiger partial charge is 0.118 e. The predicted molar refractivity (Wildman–Crippen MR) is 74.7 cm³/mol. The van der Waals surface area contributed by atoms with Crippen molar-refractivity contribution in [3.05, 3.63) is 42.0 Å². The SMILES string of the molecule is CCCC=CC(CCC)c1ccc(OC)cc1. The van der Waals surface area contributed by atoms with Crippen LogP contribution in [0.25, 0.3) is 0 Å². The molecule has 0 aliphatic rings. The van der Waals surface area contributed by atoms with E-state index < -0.39 is 0 Å². The molecule has 1 rings (SSSR count). The molecule has 1 atom stereocenters. The van der Waals surface area contributed by atoms with Gasteiger partial charge in [-0.1, -0.05) is 51.0 Å². The van der Waals surface area contributed by atoms with Crippen LogP contribution in [0.2, 0.25) is 0 Å². The molecule has 1 aromatic carbocycles. The van der Waals surface area contributed by atoms with Gasteiger partial charge in [0.2, 0.25) is 0 Å². The van der Waals surface area contributed by atoms with Gasteiger partial charge in [-0.25, -0.2) is 0 Å². The number of benzene rings is 1. The molecule has 0 aliphatic heterocycles. The molecule has 0 spiro atoms. The van der Waals surface area contributed by atoms with E-state index in [4.69, 9.17) is 4.74 Å². The van der Waals surface area contributed by atoms with Crippen molar-refractivity contribution in [2.75, 3.05) is 7.11 Å². The molecule has 1 nitrogen and oxygen atoms in total. The minimum Gasteiger partial charge on any atom is -0.497 e. The van der Waals surface area contributed by atoms with E-state index in [0.29, 0.717) is 5.92 Å². The highest BCUT2D eigenvalue weighted by molar-refractivity contribution is 5.31. The van der Waals surface area contributed by atoms with E-state index in [2.05, 4.69) is 38.1 Å². The van der Waals surface area contributed by atoms with Gasteiger partial charge in [0.25, 0.3) is 0 Å². The van der Waals surface area contributed by atoms with E-state index in [1.54, 1.807) is 7.11 Å². The van der Waals surface area contributed by atoms with Crippen molar-refractivity contribution >= 4 is 0 Å². The second-order valence-electron chi connectivity index (χ2n) is 4.39. The standard InChI is InChI=1S/C16H24O/c1-4-6-7-9-14(8-5-2)15-10-12-16(17-3)13-11-15/h7,9-14H,4-6,8H2,1-3H3. The Balaban J connectivity index is 2.73. The number of rotatable bonds is 7. The Labute approximate surface area is 106 Å². The molecule has 0 amide bonds. The van der Waals surface area contributed by atoms with Gasteiger partial charge in [0.05, 0.1) is 7.11 Å². The molecule has 1 heteroatoms. The summed E-state index contributed by atoms with van der Waals surface area (Å²) < 4.78 is 5.19. The van der Waals surface area contributed by atoms with Crippen molar-refractivity contribution < 1.29 is 4.74 Å². The second kappa shape index (κ2) is 7.94. The lowest BCUT2D eigenvalue weighted by Gasteiger charge is -2.12. The Morgan fingerprint density at radius 1 is 1.12 bits per heavy atom. The van der Waals surface area contributed by atoms with Crippen molar-refractivity contribution in [2.45, 2.75) is 45.4 Å². The number of hydrogen-bond donors (Lipinski definition) is 0. The van der Waals surface area contributed by atoms with Crippen LogP contribution in [0, 0.1) is 0 Å².